The minimum absolute atomic E-state index is 0.0609. The van der Waals surface area contributed by atoms with Crippen molar-refractivity contribution in [2.45, 2.75) is 26.7 Å². The number of hydrogen-bond donors (Lipinski definition) is 2. The number of likely N-dealkylation sites (tertiary alicyclic amines) is 1. The van der Waals surface area contributed by atoms with Crippen molar-refractivity contribution in [3.63, 3.8) is 0 Å². The van der Waals surface area contributed by atoms with E-state index in [9.17, 15) is 14.4 Å². The number of aryl methyl sites for hydroxylation is 1. The molecule has 2 N–H and O–H groups in total. The van der Waals surface area contributed by atoms with Gasteiger partial charge in [0, 0.05) is 32.4 Å². The first-order chi connectivity index (χ1) is 12.4. The summed E-state index contributed by atoms with van der Waals surface area (Å²) in [6.07, 6.45) is 1.51. The molecule has 26 heavy (non-hydrogen) atoms. The molecule has 0 aromatic carbocycles. The van der Waals surface area contributed by atoms with Crippen LogP contribution < -0.4 is 5.32 Å². The Labute approximate surface area is 153 Å². The number of ether oxygens (including phenoxy) is 2. The summed E-state index contributed by atoms with van der Waals surface area (Å²) in [6, 6.07) is 0. The molecule has 0 saturated carbocycles. The first-order valence-corrected chi connectivity index (χ1v) is 8.74. The Bertz CT molecular complexity index is 683. The molecule has 8 nitrogen and oxygen atoms in total. The second-order valence-corrected chi connectivity index (χ2v) is 6.49. The molecule has 2 rings (SSSR count). The highest BCUT2D eigenvalue weighted by molar-refractivity contribution is 6.00. The minimum atomic E-state index is -0.468. The van der Waals surface area contributed by atoms with Crippen molar-refractivity contribution in [2.75, 3.05) is 40.5 Å². The van der Waals surface area contributed by atoms with E-state index < -0.39 is 5.97 Å². The lowest BCUT2D eigenvalue weighted by molar-refractivity contribution is -0.126. The molecule has 1 saturated heterocycles. The van der Waals surface area contributed by atoms with Gasteiger partial charge in [-0.15, -0.1) is 0 Å². The largest absolute Gasteiger partial charge is 0.465 e. The summed E-state index contributed by atoms with van der Waals surface area (Å²) in [6.45, 7) is 5.32. The van der Waals surface area contributed by atoms with E-state index in [2.05, 4.69) is 10.3 Å². The average Bonchev–Trinajstić information content (AvgIpc) is 2.95. The van der Waals surface area contributed by atoms with Crippen molar-refractivity contribution in [2.24, 2.45) is 5.92 Å². The molecule has 1 unspecified atom stereocenters. The van der Waals surface area contributed by atoms with E-state index in [0.29, 0.717) is 48.8 Å². The van der Waals surface area contributed by atoms with Crippen LogP contribution in [0.15, 0.2) is 0 Å². The molecule has 0 radical (unpaired) electrons. The molecule has 1 aromatic heterocycles. The lowest BCUT2D eigenvalue weighted by Gasteiger charge is -2.32. The first kappa shape index (κ1) is 20.0. The molecule has 0 spiro atoms. The fourth-order valence-corrected chi connectivity index (χ4v) is 3.33. The number of aromatic nitrogens is 1. The fourth-order valence-electron chi connectivity index (χ4n) is 3.33. The molecule has 2 heterocycles. The molecule has 1 aliphatic heterocycles. The normalized spacial score (nSPS) is 17.1. The number of rotatable bonds is 6. The van der Waals surface area contributed by atoms with Crippen LogP contribution >= 0.6 is 0 Å². The van der Waals surface area contributed by atoms with E-state index in [1.54, 1.807) is 25.9 Å². The molecule has 0 aliphatic carbocycles. The van der Waals surface area contributed by atoms with Gasteiger partial charge in [0.25, 0.3) is 5.91 Å². The summed E-state index contributed by atoms with van der Waals surface area (Å²) in [4.78, 5) is 41.7. The predicted octanol–water partition coefficient (Wildman–Crippen LogP) is 1.03. The first-order valence-electron chi connectivity index (χ1n) is 8.74. The summed E-state index contributed by atoms with van der Waals surface area (Å²) in [5.41, 5.74) is 1.94. The second kappa shape index (κ2) is 8.84. The maximum absolute atomic E-state index is 12.9. The quantitative estimate of drug-likeness (QED) is 0.579. The fraction of sp³-hybridized carbons (Fsp3) is 0.611. The van der Waals surface area contributed by atoms with Gasteiger partial charge in [0.2, 0.25) is 5.91 Å². The van der Waals surface area contributed by atoms with Crippen molar-refractivity contribution in [1.82, 2.24) is 15.2 Å². The van der Waals surface area contributed by atoms with E-state index in [1.165, 1.54) is 7.11 Å². The van der Waals surface area contributed by atoms with Crippen LogP contribution in [0.5, 0.6) is 0 Å². The van der Waals surface area contributed by atoms with Crippen LogP contribution in [0, 0.1) is 19.8 Å². The van der Waals surface area contributed by atoms with Crippen LogP contribution in [0.3, 0.4) is 0 Å². The molecule has 1 aromatic rings. The Morgan fingerprint density at radius 1 is 1.27 bits per heavy atom. The molecule has 2 amide bonds. The van der Waals surface area contributed by atoms with Crippen molar-refractivity contribution in [1.29, 1.82) is 0 Å². The van der Waals surface area contributed by atoms with Gasteiger partial charge in [-0.05, 0) is 32.3 Å². The van der Waals surface area contributed by atoms with Crippen LogP contribution in [0.2, 0.25) is 0 Å². The average molecular weight is 365 g/mol. The van der Waals surface area contributed by atoms with Gasteiger partial charge in [0.15, 0.2) is 0 Å². The van der Waals surface area contributed by atoms with E-state index in [1.807, 2.05) is 0 Å². The van der Waals surface area contributed by atoms with Gasteiger partial charge >= 0.3 is 5.97 Å². The summed E-state index contributed by atoms with van der Waals surface area (Å²) < 4.78 is 9.72. The van der Waals surface area contributed by atoms with Crippen LogP contribution in [0.4, 0.5) is 0 Å². The van der Waals surface area contributed by atoms with Crippen molar-refractivity contribution < 1.29 is 23.9 Å². The molecule has 1 fully saturated rings. The Balaban J connectivity index is 2.10. The maximum atomic E-state index is 12.9. The van der Waals surface area contributed by atoms with Gasteiger partial charge in [-0.2, -0.15) is 0 Å². The summed E-state index contributed by atoms with van der Waals surface area (Å²) in [5, 5.41) is 2.83. The molecular formula is C18H27N3O5. The molecular weight excluding hydrogens is 338 g/mol. The number of aromatic amines is 1. The monoisotopic (exact) mass is 365 g/mol. The van der Waals surface area contributed by atoms with Gasteiger partial charge < -0.3 is 24.7 Å². The second-order valence-electron chi connectivity index (χ2n) is 6.49. The van der Waals surface area contributed by atoms with Gasteiger partial charge in [-0.1, -0.05) is 0 Å². The van der Waals surface area contributed by atoms with Crippen molar-refractivity contribution in [3.05, 3.63) is 22.5 Å². The zero-order chi connectivity index (χ0) is 19.3. The highest BCUT2D eigenvalue weighted by Gasteiger charge is 2.31. The highest BCUT2D eigenvalue weighted by Crippen LogP contribution is 2.23. The Morgan fingerprint density at radius 3 is 2.65 bits per heavy atom. The van der Waals surface area contributed by atoms with E-state index in [4.69, 9.17) is 9.47 Å². The lowest BCUT2D eigenvalue weighted by atomic mass is 9.96. The molecule has 8 heteroatoms. The van der Waals surface area contributed by atoms with Gasteiger partial charge in [0.05, 0.1) is 25.2 Å². The smallest absolute Gasteiger partial charge is 0.339 e. The number of nitrogens with zero attached hydrogens (tertiary/aromatic N) is 1. The SMILES string of the molecule is COCCNC(=O)C1CCCN(C(=O)c2[nH]c(C)c(C(=O)OC)c2C)C1. The van der Waals surface area contributed by atoms with Gasteiger partial charge in [0.1, 0.15) is 5.69 Å². The Morgan fingerprint density at radius 2 is 2.00 bits per heavy atom. The number of H-pyrrole nitrogens is 1. The lowest BCUT2D eigenvalue weighted by Crippen LogP contribution is -2.46. The van der Waals surface area contributed by atoms with E-state index >= 15 is 0 Å². The summed E-state index contributed by atoms with van der Waals surface area (Å²) in [5.74, 6) is -0.963. The number of carbonyl (C=O) groups excluding carboxylic acids is 3. The minimum Gasteiger partial charge on any atom is -0.465 e. The van der Waals surface area contributed by atoms with Gasteiger partial charge in [-0.25, -0.2) is 4.79 Å². The summed E-state index contributed by atoms with van der Waals surface area (Å²) >= 11 is 0. The van der Waals surface area contributed by atoms with Gasteiger partial charge in [-0.3, -0.25) is 9.59 Å². The zero-order valence-electron chi connectivity index (χ0n) is 15.8. The maximum Gasteiger partial charge on any atom is 0.339 e. The van der Waals surface area contributed by atoms with Crippen molar-refractivity contribution >= 4 is 17.8 Å². The van der Waals surface area contributed by atoms with E-state index in [-0.39, 0.29) is 17.7 Å². The Hall–Kier alpha value is -2.35. The third-order valence-corrected chi connectivity index (χ3v) is 4.73. The summed E-state index contributed by atoms with van der Waals surface area (Å²) in [7, 11) is 2.89. The number of carbonyl (C=O) groups is 3. The number of methoxy groups -OCH3 is 2. The van der Waals surface area contributed by atoms with Crippen LogP contribution in [-0.4, -0.2) is 68.1 Å². The molecule has 144 valence electrons. The number of amides is 2. The number of esters is 1. The third kappa shape index (κ3) is 4.24. The molecule has 0 bridgehead atoms. The topological polar surface area (TPSA) is 101 Å². The van der Waals surface area contributed by atoms with Crippen molar-refractivity contribution in [3.8, 4) is 0 Å². The standard InChI is InChI=1S/C18H27N3O5/c1-11-14(18(24)26-4)12(2)20-15(11)17(23)21-8-5-6-13(10-21)16(22)19-7-9-25-3/h13,20H,5-10H2,1-4H3,(H,19,22). The number of piperidine rings is 1. The zero-order valence-corrected chi connectivity index (χ0v) is 15.8. The number of hydrogen-bond acceptors (Lipinski definition) is 5. The van der Waals surface area contributed by atoms with Crippen LogP contribution in [0.25, 0.3) is 0 Å². The Kier molecular flexibility index (Phi) is 6.79. The van der Waals surface area contributed by atoms with Crippen LogP contribution in [0.1, 0.15) is 44.9 Å². The number of nitrogens with one attached hydrogen (secondary N) is 2. The highest BCUT2D eigenvalue weighted by atomic mass is 16.5. The van der Waals surface area contributed by atoms with E-state index in [0.717, 1.165) is 12.8 Å². The van der Waals surface area contributed by atoms with Crippen LogP contribution in [-0.2, 0) is 14.3 Å². The third-order valence-electron chi connectivity index (χ3n) is 4.73. The molecule has 1 atom stereocenters. The predicted molar refractivity (Wildman–Crippen MR) is 95.1 cm³/mol. The molecule has 1 aliphatic rings.